The fourth-order valence-electron chi connectivity index (χ4n) is 3.00. The minimum atomic E-state index is -2.64. The maximum Gasteiger partial charge on any atom is 0.290 e. The van der Waals surface area contributed by atoms with Crippen molar-refractivity contribution >= 4 is 17.7 Å². The van der Waals surface area contributed by atoms with Gasteiger partial charge < -0.3 is 10.1 Å². The molecule has 0 bridgehead atoms. The first kappa shape index (κ1) is 22.1. The molecule has 28 heavy (non-hydrogen) atoms. The summed E-state index contributed by atoms with van der Waals surface area (Å²) < 4.78 is 30.8. The van der Waals surface area contributed by atoms with Gasteiger partial charge in [0.1, 0.15) is 10.8 Å². The van der Waals surface area contributed by atoms with E-state index in [0.717, 1.165) is 24.4 Å². The highest BCUT2D eigenvalue weighted by molar-refractivity contribution is 7.99. The van der Waals surface area contributed by atoms with E-state index < -0.39 is 11.7 Å². The number of rotatable bonds is 10. The summed E-state index contributed by atoms with van der Waals surface area (Å²) in [5.74, 6) is -2.32. The third-order valence-electron chi connectivity index (χ3n) is 4.40. The van der Waals surface area contributed by atoms with E-state index in [9.17, 15) is 13.6 Å². The van der Waals surface area contributed by atoms with Crippen LogP contribution in [0.1, 0.15) is 35.8 Å². The zero-order chi connectivity index (χ0) is 20.5. The van der Waals surface area contributed by atoms with Crippen LogP contribution in [0.3, 0.4) is 0 Å². The number of pyridine rings is 1. The Hall–Kier alpha value is -2.19. The van der Waals surface area contributed by atoms with Gasteiger partial charge in [-0.25, -0.2) is 4.98 Å². The van der Waals surface area contributed by atoms with Gasteiger partial charge in [-0.2, -0.15) is 8.78 Å². The lowest BCUT2D eigenvalue weighted by Gasteiger charge is -2.30. The van der Waals surface area contributed by atoms with Crippen LogP contribution in [0.4, 0.5) is 8.78 Å². The van der Waals surface area contributed by atoms with Gasteiger partial charge in [-0.05, 0) is 54.7 Å². The molecule has 1 aromatic carbocycles. The van der Waals surface area contributed by atoms with Gasteiger partial charge in [-0.3, -0.25) is 9.69 Å². The molecule has 1 amide bonds. The normalized spacial score (nSPS) is 12.2. The van der Waals surface area contributed by atoms with Crippen molar-refractivity contribution in [2.75, 3.05) is 26.7 Å². The SMILES string of the molecule is CCN(CC)C(CNC(=O)c1cccnc1SC(F)F)c1cccc(OC)c1. The van der Waals surface area contributed by atoms with E-state index in [1.54, 1.807) is 13.2 Å². The zero-order valence-electron chi connectivity index (χ0n) is 16.2. The first-order chi connectivity index (χ1) is 13.5. The number of benzene rings is 1. The van der Waals surface area contributed by atoms with Crippen molar-refractivity contribution in [1.29, 1.82) is 0 Å². The summed E-state index contributed by atoms with van der Waals surface area (Å²) in [5.41, 5.74) is 1.16. The van der Waals surface area contributed by atoms with Gasteiger partial charge in [-0.1, -0.05) is 26.0 Å². The fraction of sp³-hybridized carbons (Fsp3) is 0.400. The van der Waals surface area contributed by atoms with Crippen LogP contribution in [0, 0.1) is 0 Å². The standard InChI is InChI=1S/C20H25F2N3O2S/c1-4-25(5-2)17(14-8-6-9-15(12-14)27-3)13-24-18(26)16-10-7-11-23-19(16)28-20(21)22/h6-12,17,20H,4-5,13H2,1-3H3,(H,24,26). The molecular formula is C20H25F2N3O2S. The lowest BCUT2D eigenvalue weighted by atomic mass is 10.0. The molecule has 1 heterocycles. The molecule has 8 heteroatoms. The molecule has 1 unspecified atom stereocenters. The highest BCUT2D eigenvalue weighted by atomic mass is 32.2. The second-order valence-corrected chi connectivity index (χ2v) is 6.94. The Kier molecular flexibility index (Phi) is 8.66. The molecule has 0 fully saturated rings. The number of halogens is 2. The van der Waals surface area contributed by atoms with E-state index in [0.29, 0.717) is 6.54 Å². The molecule has 0 saturated carbocycles. The average molecular weight is 410 g/mol. The Balaban J connectivity index is 2.20. The van der Waals surface area contributed by atoms with E-state index in [-0.39, 0.29) is 28.4 Å². The van der Waals surface area contributed by atoms with E-state index >= 15 is 0 Å². The highest BCUT2D eigenvalue weighted by Crippen LogP contribution is 2.27. The first-order valence-electron chi connectivity index (χ1n) is 9.06. The number of nitrogens with one attached hydrogen (secondary N) is 1. The van der Waals surface area contributed by atoms with Crippen molar-refractivity contribution in [1.82, 2.24) is 15.2 Å². The van der Waals surface area contributed by atoms with Gasteiger partial charge in [-0.15, -0.1) is 0 Å². The number of carbonyl (C=O) groups excluding carboxylic acids is 1. The van der Waals surface area contributed by atoms with Crippen LogP contribution in [-0.2, 0) is 0 Å². The lowest BCUT2D eigenvalue weighted by molar-refractivity contribution is 0.0931. The van der Waals surface area contributed by atoms with Crippen LogP contribution >= 0.6 is 11.8 Å². The van der Waals surface area contributed by atoms with Crippen molar-refractivity contribution in [3.05, 3.63) is 53.7 Å². The predicted molar refractivity (Wildman–Crippen MR) is 107 cm³/mol. The number of thioether (sulfide) groups is 1. The summed E-state index contributed by atoms with van der Waals surface area (Å²) >= 11 is 0.272. The average Bonchev–Trinajstić information content (AvgIpc) is 2.71. The van der Waals surface area contributed by atoms with Gasteiger partial charge in [0, 0.05) is 12.7 Å². The quantitative estimate of drug-likeness (QED) is 0.596. The number of ether oxygens (including phenoxy) is 1. The molecule has 0 aliphatic rings. The molecule has 1 N–H and O–H groups in total. The van der Waals surface area contributed by atoms with E-state index in [4.69, 9.17) is 4.74 Å². The second kappa shape index (κ2) is 11.0. The van der Waals surface area contributed by atoms with Crippen LogP contribution in [0.5, 0.6) is 5.75 Å². The van der Waals surface area contributed by atoms with Gasteiger partial charge in [0.05, 0.1) is 18.7 Å². The van der Waals surface area contributed by atoms with E-state index in [1.807, 2.05) is 24.3 Å². The summed E-state index contributed by atoms with van der Waals surface area (Å²) in [7, 11) is 1.61. The second-order valence-electron chi connectivity index (χ2n) is 5.96. The van der Waals surface area contributed by atoms with Crippen LogP contribution in [0.25, 0.3) is 0 Å². The summed E-state index contributed by atoms with van der Waals surface area (Å²) in [6.07, 6.45) is 1.40. The third kappa shape index (κ3) is 5.90. The number of carbonyl (C=O) groups is 1. The van der Waals surface area contributed by atoms with Crippen molar-refractivity contribution in [3.63, 3.8) is 0 Å². The number of hydrogen-bond acceptors (Lipinski definition) is 5. The molecule has 0 aliphatic carbocycles. The maximum atomic E-state index is 12.7. The Labute approximate surface area is 168 Å². The summed E-state index contributed by atoms with van der Waals surface area (Å²) in [4.78, 5) is 18.8. The number of amides is 1. The van der Waals surface area contributed by atoms with Crippen molar-refractivity contribution in [3.8, 4) is 5.75 Å². The monoisotopic (exact) mass is 409 g/mol. The molecule has 0 saturated heterocycles. The summed E-state index contributed by atoms with van der Waals surface area (Å²) in [6, 6.07) is 10.7. The minimum Gasteiger partial charge on any atom is -0.497 e. The molecule has 2 rings (SSSR count). The molecular weight excluding hydrogens is 384 g/mol. The number of likely N-dealkylation sites (N-methyl/N-ethyl adjacent to an activating group) is 1. The van der Waals surface area contributed by atoms with Crippen molar-refractivity contribution in [2.45, 2.75) is 30.7 Å². The van der Waals surface area contributed by atoms with Gasteiger partial charge in [0.15, 0.2) is 0 Å². The molecule has 0 spiro atoms. The highest BCUT2D eigenvalue weighted by Gasteiger charge is 2.22. The largest absolute Gasteiger partial charge is 0.497 e. The fourth-order valence-corrected chi connectivity index (χ4v) is 3.58. The first-order valence-corrected chi connectivity index (χ1v) is 9.94. The lowest BCUT2D eigenvalue weighted by Crippen LogP contribution is -2.38. The Bertz CT molecular complexity index is 773. The smallest absolute Gasteiger partial charge is 0.290 e. The van der Waals surface area contributed by atoms with Crippen LogP contribution in [0.2, 0.25) is 0 Å². The molecule has 0 radical (unpaired) electrons. The number of methoxy groups -OCH3 is 1. The number of alkyl halides is 2. The number of nitrogens with zero attached hydrogens (tertiary/aromatic N) is 2. The molecule has 1 atom stereocenters. The molecule has 5 nitrogen and oxygen atoms in total. The van der Waals surface area contributed by atoms with Crippen LogP contribution < -0.4 is 10.1 Å². The maximum absolute atomic E-state index is 12.7. The molecule has 152 valence electrons. The van der Waals surface area contributed by atoms with E-state index in [2.05, 4.69) is 29.0 Å². The molecule has 0 aliphatic heterocycles. The zero-order valence-corrected chi connectivity index (χ0v) is 17.0. The van der Waals surface area contributed by atoms with Crippen LogP contribution in [0.15, 0.2) is 47.6 Å². The Morgan fingerprint density at radius 2 is 2.00 bits per heavy atom. The Morgan fingerprint density at radius 1 is 1.25 bits per heavy atom. The summed E-state index contributed by atoms with van der Waals surface area (Å²) in [5, 5.41) is 2.90. The van der Waals surface area contributed by atoms with E-state index in [1.165, 1.54) is 12.3 Å². The van der Waals surface area contributed by atoms with Gasteiger partial charge >= 0.3 is 0 Å². The summed E-state index contributed by atoms with van der Waals surface area (Å²) in [6.45, 7) is 6.04. The molecule has 1 aromatic heterocycles. The predicted octanol–water partition coefficient (Wildman–Crippen LogP) is 4.22. The topological polar surface area (TPSA) is 54.5 Å². The molecule has 2 aromatic rings. The van der Waals surface area contributed by atoms with Gasteiger partial charge in [0.25, 0.3) is 11.7 Å². The van der Waals surface area contributed by atoms with Gasteiger partial charge in [0.2, 0.25) is 0 Å². The third-order valence-corrected chi connectivity index (χ3v) is 5.13. The number of aromatic nitrogens is 1. The van der Waals surface area contributed by atoms with Crippen molar-refractivity contribution in [2.24, 2.45) is 0 Å². The minimum absolute atomic E-state index is 0.0239. The van der Waals surface area contributed by atoms with Crippen LogP contribution in [-0.4, -0.2) is 48.3 Å². The van der Waals surface area contributed by atoms with Crippen molar-refractivity contribution < 1.29 is 18.3 Å². The Morgan fingerprint density at radius 3 is 2.64 bits per heavy atom. The number of hydrogen-bond donors (Lipinski definition) is 1.